The minimum Gasteiger partial charge on any atom is -0.478 e. The van der Waals surface area contributed by atoms with Gasteiger partial charge in [0.1, 0.15) is 6.04 Å². The van der Waals surface area contributed by atoms with Crippen LogP contribution in [0.3, 0.4) is 0 Å². The summed E-state index contributed by atoms with van der Waals surface area (Å²) in [6.45, 7) is 8.69. The van der Waals surface area contributed by atoms with Crippen molar-refractivity contribution in [2.45, 2.75) is 45.8 Å². The monoisotopic (exact) mass is 642 g/mol. The number of carbonyl (C=O) groups excluding carboxylic acids is 1. The number of para-hydroxylation sites is 1. The molecule has 0 unspecified atom stereocenters. The number of carbonyl (C=O) groups is 2. The number of hydrogen-bond donors (Lipinski definition) is 3. The van der Waals surface area contributed by atoms with E-state index >= 15 is 0 Å². The van der Waals surface area contributed by atoms with Gasteiger partial charge in [-0.15, -0.1) is 11.3 Å². The molecule has 1 aliphatic rings. The first-order valence-corrected chi connectivity index (χ1v) is 16.2. The van der Waals surface area contributed by atoms with Gasteiger partial charge in [-0.2, -0.15) is 0 Å². The van der Waals surface area contributed by atoms with Crippen molar-refractivity contribution in [3.63, 3.8) is 0 Å². The van der Waals surface area contributed by atoms with E-state index in [1.165, 1.54) is 11.3 Å². The van der Waals surface area contributed by atoms with Gasteiger partial charge in [-0.05, 0) is 54.3 Å². The van der Waals surface area contributed by atoms with Crippen LogP contribution in [0, 0.1) is 11.3 Å². The zero-order valence-corrected chi connectivity index (χ0v) is 27.1. The number of aromatic nitrogens is 2. The molecular formula is C35H35ClN4O4S. The summed E-state index contributed by atoms with van der Waals surface area (Å²) in [5.74, 6) is -1.18. The lowest BCUT2D eigenvalue weighted by molar-refractivity contribution is -0.154. The second-order valence-corrected chi connectivity index (χ2v) is 14.0. The summed E-state index contributed by atoms with van der Waals surface area (Å²) in [7, 11) is 0. The maximum atomic E-state index is 14.0. The first kappa shape index (κ1) is 31.0. The normalized spacial score (nSPS) is 18.8. The smallest absolute Gasteiger partial charge is 0.337 e. The molecule has 1 saturated heterocycles. The predicted molar refractivity (Wildman–Crippen MR) is 180 cm³/mol. The van der Waals surface area contributed by atoms with Crippen molar-refractivity contribution in [2.24, 2.45) is 11.3 Å². The van der Waals surface area contributed by atoms with E-state index < -0.39 is 23.0 Å². The third kappa shape index (κ3) is 5.65. The van der Waals surface area contributed by atoms with Crippen molar-refractivity contribution in [2.75, 3.05) is 18.4 Å². The standard InChI is InChI=1S/C35H35ClN4O4S/c1-20(2)30(31(41)40-16-15-35(44,34(3,4)19-40)22-9-11-23(36)12-10-22)39-33-38-28(18-45-33)24-13-14-27-25(29(24)32(42)43)17-21-7-5-6-8-26(21)37-27/h5-14,17-18,20,30,44H,15-16,19H2,1-4H3,(H,38,39)(H,42,43)/t30-,35+/m1/s1. The van der Waals surface area contributed by atoms with E-state index in [1.54, 1.807) is 18.2 Å². The van der Waals surface area contributed by atoms with Crippen LogP contribution in [0.1, 0.15) is 50.0 Å². The van der Waals surface area contributed by atoms with Gasteiger partial charge >= 0.3 is 5.97 Å². The highest BCUT2D eigenvalue weighted by Crippen LogP contribution is 2.46. The minimum absolute atomic E-state index is 0.0559. The van der Waals surface area contributed by atoms with E-state index in [4.69, 9.17) is 16.6 Å². The number of aromatic carboxylic acids is 1. The number of carboxylic acid groups (broad SMARTS) is 1. The van der Waals surface area contributed by atoms with E-state index in [1.807, 2.05) is 86.5 Å². The van der Waals surface area contributed by atoms with Crippen LogP contribution in [0.2, 0.25) is 5.02 Å². The molecule has 1 amide bonds. The number of rotatable bonds is 7. The molecule has 3 N–H and O–H groups in total. The Morgan fingerprint density at radius 1 is 1.02 bits per heavy atom. The number of thiazole rings is 1. The zero-order valence-electron chi connectivity index (χ0n) is 25.5. The SMILES string of the molecule is CC(C)[C@@H](Nc1nc(-c2ccc3nc4ccccc4cc3c2C(=O)O)cs1)C(=O)N1CC[C@](O)(c2ccc(Cl)cc2)C(C)(C)C1. The number of pyridine rings is 1. The molecule has 10 heteroatoms. The quantitative estimate of drug-likeness (QED) is 0.158. The Balaban J connectivity index is 1.25. The number of nitrogens with one attached hydrogen (secondary N) is 1. The molecule has 2 atom stereocenters. The molecule has 8 nitrogen and oxygen atoms in total. The Kier molecular flexibility index (Phi) is 8.05. The maximum Gasteiger partial charge on any atom is 0.337 e. The van der Waals surface area contributed by atoms with Gasteiger partial charge in [0.2, 0.25) is 5.91 Å². The van der Waals surface area contributed by atoms with Gasteiger partial charge in [-0.1, -0.05) is 69.6 Å². The van der Waals surface area contributed by atoms with Gasteiger partial charge in [0.15, 0.2) is 5.13 Å². The fourth-order valence-corrected chi connectivity index (χ4v) is 7.25. The van der Waals surface area contributed by atoms with Gasteiger partial charge in [-0.25, -0.2) is 14.8 Å². The number of likely N-dealkylation sites (tertiary alicyclic amines) is 1. The summed E-state index contributed by atoms with van der Waals surface area (Å²) < 4.78 is 0. The van der Waals surface area contributed by atoms with Crippen LogP contribution in [-0.2, 0) is 10.4 Å². The third-order valence-electron chi connectivity index (χ3n) is 8.99. The van der Waals surface area contributed by atoms with Crippen LogP contribution >= 0.6 is 22.9 Å². The first-order chi connectivity index (χ1) is 21.4. The van der Waals surface area contributed by atoms with Crippen LogP contribution in [0.4, 0.5) is 5.13 Å². The van der Waals surface area contributed by atoms with E-state index in [0.29, 0.717) is 51.8 Å². The molecule has 0 aliphatic carbocycles. The molecule has 5 aromatic rings. The lowest BCUT2D eigenvalue weighted by Crippen LogP contribution is -2.59. The molecule has 2 aromatic heterocycles. The van der Waals surface area contributed by atoms with E-state index in [-0.39, 0.29) is 17.4 Å². The highest BCUT2D eigenvalue weighted by atomic mass is 35.5. The van der Waals surface area contributed by atoms with Crippen LogP contribution in [0.15, 0.2) is 72.1 Å². The molecule has 0 saturated carbocycles. The molecule has 232 valence electrons. The summed E-state index contributed by atoms with van der Waals surface area (Å²) in [5, 5.41) is 29.7. The van der Waals surface area contributed by atoms with Crippen molar-refractivity contribution in [3.8, 4) is 11.3 Å². The topological polar surface area (TPSA) is 116 Å². The molecule has 45 heavy (non-hydrogen) atoms. The Bertz CT molecular complexity index is 1920. The maximum absolute atomic E-state index is 14.0. The zero-order chi connectivity index (χ0) is 32.1. The number of amides is 1. The Labute approximate surface area is 270 Å². The number of fused-ring (bicyclic) bond motifs is 2. The summed E-state index contributed by atoms with van der Waals surface area (Å²) >= 11 is 7.42. The number of hydrogen-bond acceptors (Lipinski definition) is 7. The fourth-order valence-electron chi connectivity index (χ4n) is 6.37. The van der Waals surface area contributed by atoms with Gasteiger partial charge in [-0.3, -0.25) is 4.79 Å². The summed E-state index contributed by atoms with van der Waals surface area (Å²) in [6, 6.07) is 19.7. The van der Waals surface area contributed by atoms with Crippen molar-refractivity contribution >= 4 is 61.8 Å². The molecular weight excluding hydrogens is 608 g/mol. The van der Waals surface area contributed by atoms with Crippen LogP contribution in [0.5, 0.6) is 0 Å². The number of piperidine rings is 1. The van der Waals surface area contributed by atoms with E-state index in [2.05, 4.69) is 10.3 Å². The second kappa shape index (κ2) is 11.7. The largest absolute Gasteiger partial charge is 0.478 e. The van der Waals surface area contributed by atoms with Crippen LogP contribution in [0.25, 0.3) is 33.1 Å². The highest BCUT2D eigenvalue weighted by molar-refractivity contribution is 7.14. The average Bonchev–Trinajstić information content (AvgIpc) is 3.48. The molecule has 1 fully saturated rings. The number of halogens is 1. The Morgan fingerprint density at radius 2 is 1.76 bits per heavy atom. The molecule has 0 spiro atoms. The first-order valence-electron chi connectivity index (χ1n) is 14.9. The lowest BCUT2D eigenvalue weighted by Gasteiger charge is -2.51. The fraction of sp³-hybridized carbons (Fsp3) is 0.314. The lowest BCUT2D eigenvalue weighted by atomic mass is 9.66. The molecule has 0 radical (unpaired) electrons. The number of anilines is 1. The Hall–Kier alpha value is -4.05. The number of aliphatic hydroxyl groups is 1. The van der Waals surface area contributed by atoms with Crippen LogP contribution < -0.4 is 5.32 Å². The predicted octanol–water partition coefficient (Wildman–Crippen LogP) is 7.45. The molecule has 1 aliphatic heterocycles. The van der Waals surface area contributed by atoms with Gasteiger partial charge in [0, 0.05) is 45.2 Å². The molecule has 0 bridgehead atoms. The van der Waals surface area contributed by atoms with E-state index in [9.17, 15) is 19.8 Å². The Morgan fingerprint density at radius 3 is 2.44 bits per heavy atom. The molecule has 6 rings (SSSR count). The number of carboxylic acids is 1. The minimum atomic E-state index is -1.11. The second-order valence-electron chi connectivity index (χ2n) is 12.7. The van der Waals surface area contributed by atoms with Crippen molar-refractivity contribution in [1.29, 1.82) is 0 Å². The summed E-state index contributed by atoms with van der Waals surface area (Å²) in [5.41, 5.74) is 1.60. The average molecular weight is 643 g/mol. The van der Waals surface area contributed by atoms with Gasteiger partial charge in [0.05, 0.1) is 27.9 Å². The third-order valence-corrected chi connectivity index (χ3v) is 10.0. The summed E-state index contributed by atoms with van der Waals surface area (Å²) in [4.78, 5) is 37.7. The number of benzene rings is 3. The number of nitrogens with zero attached hydrogens (tertiary/aromatic N) is 3. The van der Waals surface area contributed by atoms with Gasteiger partial charge < -0.3 is 20.4 Å². The highest BCUT2D eigenvalue weighted by Gasteiger charge is 2.50. The molecule has 3 heterocycles. The summed E-state index contributed by atoms with van der Waals surface area (Å²) in [6.07, 6.45) is 0.393. The van der Waals surface area contributed by atoms with Crippen molar-refractivity contribution < 1.29 is 19.8 Å². The van der Waals surface area contributed by atoms with Gasteiger partial charge in [0.25, 0.3) is 0 Å². The van der Waals surface area contributed by atoms with Crippen molar-refractivity contribution in [3.05, 3.63) is 88.3 Å². The van der Waals surface area contributed by atoms with E-state index in [0.717, 1.165) is 16.5 Å². The van der Waals surface area contributed by atoms with Crippen LogP contribution in [-0.4, -0.2) is 56.1 Å². The van der Waals surface area contributed by atoms with Crippen molar-refractivity contribution in [1.82, 2.24) is 14.9 Å². The molecule has 3 aromatic carbocycles.